The Morgan fingerprint density at radius 2 is 1.90 bits per heavy atom. The average Bonchev–Trinajstić information content (AvgIpc) is 2.66. The van der Waals surface area contributed by atoms with Crippen molar-refractivity contribution < 1.29 is 14.3 Å². The molecule has 1 aliphatic heterocycles. The molecular formula is C21H43N5O3. The van der Waals surface area contributed by atoms with Gasteiger partial charge in [-0.15, -0.1) is 0 Å². The van der Waals surface area contributed by atoms with Crippen molar-refractivity contribution in [2.75, 3.05) is 53.0 Å². The molecule has 0 aromatic rings. The number of carbonyl (C=O) groups excluding carboxylic acids is 1. The van der Waals surface area contributed by atoms with Crippen molar-refractivity contribution in [1.82, 2.24) is 20.9 Å². The molecule has 2 atom stereocenters. The summed E-state index contributed by atoms with van der Waals surface area (Å²) in [7, 11) is 1.78. The first kappa shape index (κ1) is 25.5. The van der Waals surface area contributed by atoms with E-state index in [1.165, 1.54) is 0 Å². The van der Waals surface area contributed by atoms with Gasteiger partial charge in [-0.2, -0.15) is 0 Å². The van der Waals surface area contributed by atoms with Crippen molar-refractivity contribution in [2.45, 2.75) is 65.5 Å². The SMILES string of the molecule is CCCCC(CNC(=O)OC(C)(C)C)NC(=NC)NCC(C)CN1CCOCC1. The van der Waals surface area contributed by atoms with Crippen LogP contribution in [0.3, 0.4) is 0 Å². The van der Waals surface area contributed by atoms with Crippen LogP contribution in [0.25, 0.3) is 0 Å². The molecule has 8 nitrogen and oxygen atoms in total. The molecule has 0 radical (unpaired) electrons. The second kappa shape index (κ2) is 13.6. The summed E-state index contributed by atoms with van der Waals surface area (Å²) in [5.74, 6) is 1.27. The molecule has 0 spiro atoms. The summed E-state index contributed by atoms with van der Waals surface area (Å²) in [6.07, 6.45) is 2.75. The van der Waals surface area contributed by atoms with Crippen molar-refractivity contribution in [2.24, 2.45) is 10.9 Å². The zero-order valence-electron chi connectivity index (χ0n) is 19.3. The Morgan fingerprint density at radius 3 is 2.48 bits per heavy atom. The zero-order valence-corrected chi connectivity index (χ0v) is 19.3. The number of nitrogens with one attached hydrogen (secondary N) is 3. The highest BCUT2D eigenvalue weighted by atomic mass is 16.6. The number of rotatable bonds is 10. The van der Waals surface area contributed by atoms with Crippen LogP contribution in [0.4, 0.5) is 4.79 Å². The standard InChI is InChI=1S/C21H43N5O3/c1-7-8-9-18(15-24-20(27)29-21(3,4)5)25-19(22-6)23-14-17(2)16-26-10-12-28-13-11-26/h17-18H,7-16H2,1-6H3,(H,24,27)(H2,22,23,25). The summed E-state index contributed by atoms with van der Waals surface area (Å²) in [4.78, 5) is 18.8. The molecule has 8 heteroatoms. The van der Waals surface area contributed by atoms with Gasteiger partial charge in [0.1, 0.15) is 5.60 Å². The smallest absolute Gasteiger partial charge is 0.407 e. The summed E-state index contributed by atoms with van der Waals surface area (Å²) >= 11 is 0. The Labute approximate surface area is 177 Å². The van der Waals surface area contributed by atoms with Crippen LogP contribution < -0.4 is 16.0 Å². The van der Waals surface area contributed by atoms with Crippen LogP contribution in [0.5, 0.6) is 0 Å². The molecule has 1 heterocycles. The minimum absolute atomic E-state index is 0.100. The number of hydrogen-bond acceptors (Lipinski definition) is 5. The van der Waals surface area contributed by atoms with E-state index in [4.69, 9.17) is 9.47 Å². The minimum Gasteiger partial charge on any atom is -0.444 e. The fourth-order valence-corrected chi connectivity index (χ4v) is 3.14. The van der Waals surface area contributed by atoms with Crippen molar-refractivity contribution in [3.05, 3.63) is 0 Å². The van der Waals surface area contributed by atoms with Gasteiger partial charge in [0.05, 0.1) is 13.2 Å². The number of ether oxygens (including phenoxy) is 2. The largest absolute Gasteiger partial charge is 0.444 e. The predicted molar refractivity (Wildman–Crippen MR) is 118 cm³/mol. The van der Waals surface area contributed by atoms with Crippen LogP contribution in [-0.4, -0.2) is 81.6 Å². The molecule has 1 fully saturated rings. The van der Waals surface area contributed by atoms with Crippen molar-refractivity contribution in [3.63, 3.8) is 0 Å². The van der Waals surface area contributed by atoms with Crippen LogP contribution in [0.1, 0.15) is 53.9 Å². The van der Waals surface area contributed by atoms with Gasteiger partial charge in [0, 0.05) is 45.8 Å². The third-order valence-electron chi connectivity index (χ3n) is 4.65. The quantitative estimate of drug-likeness (QED) is 0.376. The van der Waals surface area contributed by atoms with Gasteiger partial charge in [-0.1, -0.05) is 26.7 Å². The van der Waals surface area contributed by atoms with Crippen LogP contribution in [0, 0.1) is 5.92 Å². The number of unbranched alkanes of at least 4 members (excludes halogenated alkanes) is 1. The summed E-state index contributed by atoms with van der Waals surface area (Å²) < 4.78 is 10.8. The van der Waals surface area contributed by atoms with Crippen molar-refractivity contribution in [1.29, 1.82) is 0 Å². The number of amides is 1. The van der Waals surface area contributed by atoms with E-state index < -0.39 is 5.60 Å². The van der Waals surface area contributed by atoms with Crippen LogP contribution in [-0.2, 0) is 9.47 Å². The number of guanidine groups is 1. The molecule has 1 aliphatic rings. The molecule has 29 heavy (non-hydrogen) atoms. The molecule has 1 rings (SSSR count). The predicted octanol–water partition coefficient (Wildman–Crippen LogP) is 2.20. The summed E-state index contributed by atoms with van der Waals surface area (Å²) in [6, 6.07) is 0.100. The highest BCUT2D eigenvalue weighted by Crippen LogP contribution is 2.07. The van der Waals surface area contributed by atoms with E-state index >= 15 is 0 Å². The fourth-order valence-electron chi connectivity index (χ4n) is 3.14. The minimum atomic E-state index is -0.495. The molecule has 0 aromatic heterocycles. The van der Waals surface area contributed by atoms with Gasteiger partial charge in [0.15, 0.2) is 5.96 Å². The molecule has 0 saturated carbocycles. The number of alkyl carbamates (subject to hydrolysis) is 1. The maximum absolute atomic E-state index is 12.0. The Morgan fingerprint density at radius 1 is 1.21 bits per heavy atom. The molecule has 0 aromatic carbocycles. The normalized spacial score (nSPS) is 18.1. The van der Waals surface area contributed by atoms with Crippen LogP contribution in [0.2, 0.25) is 0 Å². The molecule has 3 N–H and O–H groups in total. The Balaban J connectivity index is 2.44. The second-order valence-electron chi connectivity index (χ2n) is 8.84. The van der Waals surface area contributed by atoms with Gasteiger partial charge >= 0.3 is 6.09 Å². The van der Waals surface area contributed by atoms with E-state index in [1.54, 1.807) is 7.05 Å². The van der Waals surface area contributed by atoms with Crippen molar-refractivity contribution in [3.8, 4) is 0 Å². The van der Waals surface area contributed by atoms with Gasteiger partial charge in [-0.3, -0.25) is 9.89 Å². The monoisotopic (exact) mass is 413 g/mol. The molecule has 170 valence electrons. The van der Waals surface area contributed by atoms with E-state index in [-0.39, 0.29) is 12.1 Å². The third kappa shape index (κ3) is 12.6. The van der Waals surface area contributed by atoms with Gasteiger partial charge in [-0.25, -0.2) is 4.79 Å². The lowest BCUT2D eigenvalue weighted by Gasteiger charge is -2.29. The molecule has 0 bridgehead atoms. The number of morpholine rings is 1. The van der Waals surface area contributed by atoms with E-state index in [0.29, 0.717) is 12.5 Å². The van der Waals surface area contributed by atoms with Gasteiger partial charge < -0.3 is 25.4 Å². The van der Waals surface area contributed by atoms with Crippen molar-refractivity contribution >= 4 is 12.1 Å². The Hall–Kier alpha value is -1.54. The highest BCUT2D eigenvalue weighted by molar-refractivity contribution is 5.80. The summed E-state index contributed by atoms with van der Waals surface area (Å²) in [5.41, 5.74) is -0.495. The number of carbonyl (C=O) groups is 1. The fraction of sp³-hybridized carbons (Fsp3) is 0.905. The summed E-state index contributed by atoms with van der Waals surface area (Å²) in [5, 5.41) is 9.75. The van der Waals surface area contributed by atoms with E-state index in [2.05, 4.69) is 39.7 Å². The van der Waals surface area contributed by atoms with Gasteiger partial charge in [0.2, 0.25) is 0 Å². The second-order valence-corrected chi connectivity index (χ2v) is 8.84. The van der Waals surface area contributed by atoms with Gasteiger partial charge in [0.25, 0.3) is 0 Å². The lowest BCUT2D eigenvalue weighted by atomic mass is 10.1. The lowest BCUT2D eigenvalue weighted by Crippen LogP contribution is -2.50. The molecular weight excluding hydrogens is 370 g/mol. The highest BCUT2D eigenvalue weighted by Gasteiger charge is 2.18. The number of aliphatic imine (C=N–C) groups is 1. The first-order chi connectivity index (χ1) is 13.7. The average molecular weight is 414 g/mol. The molecule has 0 aliphatic carbocycles. The maximum atomic E-state index is 12.0. The summed E-state index contributed by atoms with van der Waals surface area (Å²) in [6.45, 7) is 16.1. The lowest BCUT2D eigenvalue weighted by molar-refractivity contribution is 0.0320. The third-order valence-corrected chi connectivity index (χ3v) is 4.65. The van der Waals surface area contributed by atoms with E-state index in [9.17, 15) is 4.79 Å². The first-order valence-corrected chi connectivity index (χ1v) is 11.0. The topological polar surface area (TPSA) is 87.2 Å². The Kier molecular flexibility index (Phi) is 12.0. The maximum Gasteiger partial charge on any atom is 0.407 e. The van der Waals surface area contributed by atoms with E-state index in [1.807, 2.05) is 20.8 Å². The van der Waals surface area contributed by atoms with Crippen LogP contribution >= 0.6 is 0 Å². The van der Waals surface area contributed by atoms with E-state index in [0.717, 1.165) is 64.6 Å². The zero-order chi connectivity index (χ0) is 21.7. The molecule has 1 saturated heterocycles. The molecule has 2 unspecified atom stereocenters. The number of nitrogens with zero attached hydrogens (tertiary/aromatic N) is 2. The van der Waals surface area contributed by atoms with Crippen LogP contribution in [0.15, 0.2) is 4.99 Å². The number of hydrogen-bond donors (Lipinski definition) is 3. The van der Waals surface area contributed by atoms with Gasteiger partial charge in [-0.05, 0) is 33.1 Å². The first-order valence-electron chi connectivity index (χ1n) is 11.0. The Bertz CT molecular complexity index is 487. The molecule has 1 amide bonds.